The average Bonchev–Trinajstić information content (AvgIpc) is 3.13. The highest BCUT2D eigenvalue weighted by Crippen LogP contribution is 2.46. The Morgan fingerprint density at radius 3 is 2.35 bits per heavy atom. The summed E-state index contributed by atoms with van der Waals surface area (Å²) in [6.07, 6.45) is 0. The summed E-state index contributed by atoms with van der Waals surface area (Å²) in [5.41, 5.74) is 0.893. The molecule has 0 amide bonds. The molecule has 8 nitrogen and oxygen atoms in total. The lowest BCUT2D eigenvalue weighted by Crippen LogP contribution is -2.20. The van der Waals surface area contributed by atoms with E-state index in [1.807, 2.05) is 30.3 Å². The fraction of sp³-hybridized carbons (Fsp3) is 0.227. The van der Waals surface area contributed by atoms with Crippen molar-refractivity contribution in [2.24, 2.45) is 0 Å². The number of benzene rings is 2. The maximum atomic E-state index is 12.7. The average molecular weight is 440 g/mol. The zero-order valence-electron chi connectivity index (χ0n) is 17.4. The van der Waals surface area contributed by atoms with Crippen LogP contribution in [0, 0.1) is 11.3 Å². The van der Waals surface area contributed by atoms with Gasteiger partial charge in [0.25, 0.3) is 0 Å². The molecule has 31 heavy (non-hydrogen) atoms. The first-order chi connectivity index (χ1) is 15.0. The predicted molar refractivity (Wildman–Crippen MR) is 115 cm³/mol. The zero-order chi connectivity index (χ0) is 22.5. The van der Waals surface area contributed by atoms with Gasteiger partial charge in [0.1, 0.15) is 22.2 Å². The van der Waals surface area contributed by atoms with Crippen LogP contribution >= 0.6 is 11.8 Å². The third kappa shape index (κ3) is 4.15. The van der Waals surface area contributed by atoms with Crippen LogP contribution in [0.5, 0.6) is 17.2 Å². The molecule has 0 saturated carbocycles. The second-order valence-corrected chi connectivity index (χ2v) is 7.33. The standard InChI is InChI=1S/C22H20N2O6S/c1-24-15-7-5-6-8-18(15)31-21(24)14(11-23)16(25)12-30-22(26)13-9-10-17(27-2)20(29-4)19(13)28-3/h5-10H,12H2,1-4H3. The highest BCUT2D eigenvalue weighted by Gasteiger charge is 2.29. The van der Waals surface area contributed by atoms with Crippen LogP contribution in [0.25, 0.3) is 0 Å². The van der Waals surface area contributed by atoms with E-state index in [2.05, 4.69) is 0 Å². The summed E-state index contributed by atoms with van der Waals surface area (Å²) >= 11 is 1.32. The molecule has 0 fully saturated rings. The second-order valence-electron chi connectivity index (χ2n) is 6.30. The Kier molecular flexibility index (Phi) is 6.72. The first-order valence-corrected chi connectivity index (χ1v) is 9.92. The summed E-state index contributed by atoms with van der Waals surface area (Å²) in [7, 11) is 6.03. The van der Waals surface area contributed by atoms with Crippen LogP contribution in [-0.2, 0) is 9.53 Å². The van der Waals surface area contributed by atoms with E-state index >= 15 is 0 Å². The topological polar surface area (TPSA) is 98.1 Å². The number of fused-ring (bicyclic) bond motifs is 1. The van der Waals surface area contributed by atoms with Crippen molar-refractivity contribution >= 4 is 29.2 Å². The first kappa shape index (κ1) is 22.1. The predicted octanol–water partition coefficient (Wildman–Crippen LogP) is 3.42. The Balaban J connectivity index is 1.80. The quantitative estimate of drug-likeness (QED) is 0.364. The van der Waals surface area contributed by atoms with E-state index in [9.17, 15) is 14.9 Å². The lowest BCUT2D eigenvalue weighted by atomic mass is 10.1. The third-order valence-electron chi connectivity index (χ3n) is 4.60. The van der Waals surface area contributed by atoms with Crippen molar-refractivity contribution in [2.45, 2.75) is 4.90 Å². The van der Waals surface area contributed by atoms with Gasteiger partial charge in [0.05, 0.1) is 27.0 Å². The Labute approximate surface area is 183 Å². The number of rotatable bonds is 7. The SMILES string of the molecule is COc1ccc(C(=O)OCC(=O)C(C#N)=C2Sc3ccccc3N2C)c(OC)c1OC. The van der Waals surface area contributed by atoms with E-state index in [-0.39, 0.29) is 22.6 Å². The molecule has 0 N–H and O–H groups in total. The molecule has 160 valence electrons. The fourth-order valence-electron chi connectivity index (χ4n) is 3.09. The van der Waals surface area contributed by atoms with Gasteiger partial charge < -0.3 is 23.8 Å². The monoisotopic (exact) mass is 440 g/mol. The molecule has 2 aromatic carbocycles. The van der Waals surface area contributed by atoms with Gasteiger partial charge in [0.2, 0.25) is 11.5 Å². The number of carbonyl (C=O) groups is 2. The Morgan fingerprint density at radius 2 is 1.74 bits per heavy atom. The lowest BCUT2D eigenvalue weighted by molar-refractivity contribution is -0.118. The van der Waals surface area contributed by atoms with Gasteiger partial charge in [-0.15, -0.1) is 0 Å². The smallest absolute Gasteiger partial charge is 0.342 e. The molecular formula is C22H20N2O6S. The first-order valence-electron chi connectivity index (χ1n) is 9.11. The van der Waals surface area contributed by atoms with Crippen molar-refractivity contribution in [1.29, 1.82) is 5.26 Å². The van der Waals surface area contributed by atoms with E-state index in [4.69, 9.17) is 18.9 Å². The summed E-state index contributed by atoms with van der Waals surface area (Å²) in [5, 5.41) is 10.1. The maximum absolute atomic E-state index is 12.7. The van der Waals surface area contributed by atoms with Crippen molar-refractivity contribution in [3.8, 4) is 23.3 Å². The molecule has 3 rings (SSSR count). The minimum Gasteiger partial charge on any atom is -0.493 e. The largest absolute Gasteiger partial charge is 0.493 e. The van der Waals surface area contributed by atoms with Crippen LogP contribution in [0.3, 0.4) is 0 Å². The molecule has 0 spiro atoms. The number of hydrogen-bond donors (Lipinski definition) is 0. The Morgan fingerprint density at radius 1 is 1.03 bits per heavy atom. The van der Waals surface area contributed by atoms with Gasteiger partial charge in [-0.05, 0) is 24.3 Å². The Hall–Kier alpha value is -3.64. The molecule has 9 heteroatoms. The number of Topliss-reactive ketones (excluding diaryl/α,β-unsaturated/α-hetero) is 1. The number of thioether (sulfide) groups is 1. The highest BCUT2D eigenvalue weighted by molar-refractivity contribution is 8.03. The van der Waals surface area contributed by atoms with Crippen LogP contribution in [-0.4, -0.2) is 46.7 Å². The van der Waals surface area contributed by atoms with Gasteiger partial charge in [-0.1, -0.05) is 23.9 Å². The van der Waals surface area contributed by atoms with Gasteiger partial charge in [-0.2, -0.15) is 5.26 Å². The van der Waals surface area contributed by atoms with Gasteiger partial charge in [0.15, 0.2) is 18.1 Å². The number of nitrogens with zero attached hydrogens (tertiary/aromatic N) is 2. The minimum absolute atomic E-state index is 0.0684. The summed E-state index contributed by atoms with van der Waals surface area (Å²) in [6.45, 7) is -0.590. The number of ether oxygens (including phenoxy) is 4. The van der Waals surface area contributed by atoms with E-state index in [0.717, 1.165) is 10.6 Å². The summed E-state index contributed by atoms with van der Waals surface area (Å²) in [4.78, 5) is 28.0. The molecule has 0 unspecified atom stereocenters. The molecule has 0 radical (unpaired) electrons. The van der Waals surface area contributed by atoms with Gasteiger partial charge in [-0.3, -0.25) is 4.79 Å². The van der Waals surface area contributed by atoms with Crippen LogP contribution in [0.15, 0.2) is 51.9 Å². The van der Waals surface area contributed by atoms with E-state index < -0.39 is 18.4 Å². The Bertz CT molecular complexity index is 1110. The number of methoxy groups -OCH3 is 3. The van der Waals surface area contributed by atoms with E-state index in [1.165, 1.54) is 45.2 Å². The van der Waals surface area contributed by atoms with Crippen molar-refractivity contribution in [3.05, 3.63) is 52.6 Å². The molecule has 1 aliphatic heterocycles. The minimum atomic E-state index is -0.788. The molecule has 0 bridgehead atoms. The molecule has 2 aromatic rings. The molecule has 1 heterocycles. The van der Waals surface area contributed by atoms with Crippen LogP contribution < -0.4 is 19.1 Å². The number of anilines is 1. The molecule has 0 atom stereocenters. The maximum Gasteiger partial charge on any atom is 0.342 e. The van der Waals surface area contributed by atoms with Crippen molar-refractivity contribution in [1.82, 2.24) is 0 Å². The number of nitriles is 1. The third-order valence-corrected chi connectivity index (χ3v) is 5.84. The number of para-hydroxylation sites is 1. The van der Waals surface area contributed by atoms with Crippen LogP contribution in [0.1, 0.15) is 10.4 Å². The van der Waals surface area contributed by atoms with Crippen molar-refractivity contribution < 1.29 is 28.5 Å². The second kappa shape index (κ2) is 9.45. The van der Waals surface area contributed by atoms with E-state index in [1.54, 1.807) is 11.9 Å². The molecule has 0 saturated heterocycles. The van der Waals surface area contributed by atoms with Crippen LogP contribution in [0.4, 0.5) is 5.69 Å². The highest BCUT2D eigenvalue weighted by atomic mass is 32.2. The molecule has 0 aromatic heterocycles. The summed E-state index contributed by atoms with van der Waals surface area (Å²) < 4.78 is 20.9. The molecule has 1 aliphatic rings. The van der Waals surface area contributed by atoms with E-state index in [0.29, 0.717) is 10.8 Å². The fourth-order valence-corrected chi connectivity index (χ4v) is 4.26. The summed E-state index contributed by atoms with van der Waals surface area (Å²) in [6, 6.07) is 12.5. The lowest BCUT2D eigenvalue weighted by Gasteiger charge is -2.16. The number of carbonyl (C=O) groups excluding carboxylic acids is 2. The number of esters is 1. The van der Waals surface area contributed by atoms with Crippen molar-refractivity contribution in [3.63, 3.8) is 0 Å². The normalized spacial score (nSPS) is 13.7. The molecular weight excluding hydrogens is 420 g/mol. The number of ketones is 1. The summed E-state index contributed by atoms with van der Waals surface area (Å²) in [5.74, 6) is -0.655. The van der Waals surface area contributed by atoms with Gasteiger partial charge in [-0.25, -0.2) is 4.79 Å². The molecule has 0 aliphatic carbocycles. The zero-order valence-corrected chi connectivity index (χ0v) is 18.2. The number of hydrogen-bond acceptors (Lipinski definition) is 9. The van der Waals surface area contributed by atoms with Gasteiger partial charge >= 0.3 is 5.97 Å². The van der Waals surface area contributed by atoms with Gasteiger partial charge in [0, 0.05) is 11.9 Å². The van der Waals surface area contributed by atoms with Crippen LogP contribution in [0.2, 0.25) is 0 Å². The van der Waals surface area contributed by atoms with Crippen molar-refractivity contribution in [2.75, 3.05) is 39.9 Å².